The third-order valence-corrected chi connectivity index (χ3v) is 2.54. The van der Waals surface area contributed by atoms with Crippen LogP contribution in [0.4, 0.5) is 10.1 Å². The second-order valence-electron chi connectivity index (χ2n) is 3.33. The number of nitrogens with two attached hydrogens (primary N) is 1. The first-order valence-electron chi connectivity index (χ1n) is 5.05. The van der Waals surface area contributed by atoms with Crippen molar-refractivity contribution < 1.29 is 9.50 Å². The molecule has 88 valence electrons. The van der Waals surface area contributed by atoms with Gasteiger partial charge in [0, 0.05) is 24.3 Å². The lowest BCUT2D eigenvalue weighted by atomic mass is 10.1. The van der Waals surface area contributed by atoms with Gasteiger partial charge >= 0.3 is 0 Å². The predicted molar refractivity (Wildman–Crippen MR) is 67.3 cm³/mol. The monoisotopic (exact) mass is 242 g/mol. The number of likely N-dealkylation sites (N-methyl/N-ethyl adjacent to an activating group) is 1. The first-order chi connectivity index (χ1) is 7.60. The fourth-order valence-corrected chi connectivity index (χ4v) is 1.71. The van der Waals surface area contributed by atoms with Crippen LogP contribution in [0, 0.1) is 5.82 Å². The molecule has 0 aliphatic carbocycles. The van der Waals surface area contributed by atoms with E-state index in [2.05, 4.69) is 0 Å². The molecule has 0 amide bonds. The van der Waals surface area contributed by atoms with E-state index in [4.69, 9.17) is 23.1 Å². The first-order valence-corrected chi connectivity index (χ1v) is 5.46. The van der Waals surface area contributed by atoms with Crippen LogP contribution in [-0.2, 0) is 0 Å². The van der Waals surface area contributed by atoms with E-state index in [1.807, 2.05) is 11.8 Å². The van der Waals surface area contributed by atoms with Gasteiger partial charge in [-0.1, -0.05) is 12.2 Å². The van der Waals surface area contributed by atoms with Crippen molar-refractivity contribution >= 4 is 22.9 Å². The number of aliphatic hydroxyl groups excluding tert-OH is 1. The van der Waals surface area contributed by atoms with E-state index in [1.54, 1.807) is 6.07 Å². The summed E-state index contributed by atoms with van der Waals surface area (Å²) in [6.07, 6.45) is 0. The summed E-state index contributed by atoms with van der Waals surface area (Å²) in [6.45, 7) is 3.14. The molecule has 0 radical (unpaired) electrons. The Kier molecular flexibility index (Phi) is 4.64. The number of aliphatic hydroxyl groups is 1. The summed E-state index contributed by atoms with van der Waals surface area (Å²) in [5.41, 5.74) is 6.81. The Hall–Kier alpha value is -1.20. The van der Waals surface area contributed by atoms with Gasteiger partial charge < -0.3 is 15.7 Å². The van der Waals surface area contributed by atoms with Gasteiger partial charge in [0.2, 0.25) is 0 Å². The molecule has 0 spiro atoms. The molecule has 16 heavy (non-hydrogen) atoms. The molecule has 0 heterocycles. The lowest BCUT2D eigenvalue weighted by molar-refractivity contribution is 0.302. The van der Waals surface area contributed by atoms with Crippen LogP contribution in [0.1, 0.15) is 12.5 Å². The van der Waals surface area contributed by atoms with Crippen LogP contribution in [0.15, 0.2) is 18.2 Å². The summed E-state index contributed by atoms with van der Waals surface area (Å²) in [6, 6.07) is 4.30. The average molecular weight is 242 g/mol. The molecule has 3 nitrogen and oxygen atoms in total. The van der Waals surface area contributed by atoms with Gasteiger partial charge in [-0.05, 0) is 25.1 Å². The smallest absolute Gasteiger partial charge is 0.124 e. The zero-order chi connectivity index (χ0) is 12.1. The Balaban J connectivity index is 3.14. The molecule has 5 heteroatoms. The van der Waals surface area contributed by atoms with Crippen molar-refractivity contribution in [3.05, 3.63) is 29.6 Å². The minimum absolute atomic E-state index is 0.0298. The van der Waals surface area contributed by atoms with E-state index >= 15 is 0 Å². The number of hydrogen-bond acceptors (Lipinski definition) is 3. The first kappa shape index (κ1) is 12.9. The third kappa shape index (κ3) is 2.90. The quantitative estimate of drug-likeness (QED) is 0.764. The highest BCUT2D eigenvalue weighted by atomic mass is 32.1. The van der Waals surface area contributed by atoms with Crippen molar-refractivity contribution in [1.82, 2.24) is 0 Å². The topological polar surface area (TPSA) is 49.5 Å². The number of halogens is 1. The number of nitrogens with zero attached hydrogens (tertiary/aromatic N) is 1. The molecule has 0 saturated carbocycles. The molecule has 0 aromatic heterocycles. The van der Waals surface area contributed by atoms with Gasteiger partial charge in [-0.3, -0.25) is 0 Å². The maximum atomic E-state index is 13.1. The highest BCUT2D eigenvalue weighted by molar-refractivity contribution is 7.80. The summed E-state index contributed by atoms with van der Waals surface area (Å²) in [5, 5.41) is 8.93. The molecule has 0 saturated heterocycles. The van der Waals surface area contributed by atoms with E-state index in [9.17, 15) is 4.39 Å². The largest absolute Gasteiger partial charge is 0.395 e. The number of anilines is 1. The van der Waals surface area contributed by atoms with Gasteiger partial charge in [0.1, 0.15) is 10.8 Å². The number of thiocarbonyl (C=S) groups is 1. The highest BCUT2D eigenvalue weighted by Gasteiger charge is 2.12. The van der Waals surface area contributed by atoms with Crippen LogP contribution in [0.2, 0.25) is 0 Å². The van der Waals surface area contributed by atoms with Crippen molar-refractivity contribution in [3.63, 3.8) is 0 Å². The number of hydrogen-bond donors (Lipinski definition) is 2. The zero-order valence-corrected chi connectivity index (χ0v) is 9.93. The fourth-order valence-electron chi connectivity index (χ4n) is 1.55. The van der Waals surface area contributed by atoms with Crippen LogP contribution in [0.25, 0.3) is 0 Å². The van der Waals surface area contributed by atoms with Gasteiger partial charge in [0.15, 0.2) is 0 Å². The zero-order valence-electron chi connectivity index (χ0n) is 9.11. The van der Waals surface area contributed by atoms with Gasteiger partial charge in [-0.25, -0.2) is 4.39 Å². The molecule has 0 unspecified atom stereocenters. The Labute approximate surface area is 99.7 Å². The third-order valence-electron chi connectivity index (χ3n) is 2.32. The average Bonchev–Trinajstić information content (AvgIpc) is 2.26. The van der Waals surface area contributed by atoms with Crippen molar-refractivity contribution in [2.24, 2.45) is 5.73 Å². The molecule has 0 aliphatic rings. The van der Waals surface area contributed by atoms with Gasteiger partial charge in [-0.15, -0.1) is 0 Å². The maximum absolute atomic E-state index is 13.1. The molecule has 3 N–H and O–H groups in total. The molecular weight excluding hydrogens is 227 g/mol. The summed E-state index contributed by atoms with van der Waals surface area (Å²) >= 11 is 4.88. The normalized spacial score (nSPS) is 10.2. The van der Waals surface area contributed by atoms with Crippen LogP contribution < -0.4 is 10.6 Å². The second kappa shape index (κ2) is 5.77. The Morgan fingerprint density at radius 3 is 2.75 bits per heavy atom. The van der Waals surface area contributed by atoms with Gasteiger partial charge in [0.05, 0.1) is 6.61 Å². The van der Waals surface area contributed by atoms with Gasteiger partial charge in [-0.2, -0.15) is 0 Å². The van der Waals surface area contributed by atoms with Crippen molar-refractivity contribution in [3.8, 4) is 0 Å². The molecule has 1 rings (SSSR count). The van der Waals surface area contributed by atoms with E-state index in [-0.39, 0.29) is 17.4 Å². The molecule has 0 fully saturated rings. The number of benzene rings is 1. The van der Waals surface area contributed by atoms with Gasteiger partial charge in [0.25, 0.3) is 0 Å². The van der Waals surface area contributed by atoms with E-state index in [0.717, 1.165) is 5.69 Å². The Bertz CT molecular complexity index is 384. The van der Waals surface area contributed by atoms with Crippen molar-refractivity contribution in [1.29, 1.82) is 0 Å². The SMILES string of the molecule is CCN(CCO)c1ccc(F)cc1C(N)=S. The molecular formula is C11H15FN2OS. The van der Waals surface area contributed by atoms with E-state index in [1.165, 1.54) is 12.1 Å². The Morgan fingerprint density at radius 1 is 1.56 bits per heavy atom. The minimum Gasteiger partial charge on any atom is -0.395 e. The molecule has 0 bridgehead atoms. The summed E-state index contributed by atoms with van der Waals surface area (Å²) < 4.78 is 13.1. The van der Waals surface area contributed by atoms with Crippen LogP contribution in [0.5, 0.6) is 0 Å². The molecule has 0 atom stereocenters. The lowest BCUT2D eigenvalue weighted by Crippen LogP contribution is -2.28. The summed E-state index contributed by atoms with van der Waals surface area (Å²) in [7, 11) is 0. The second-order valence-corrected chi connectivity index (χ2v) is 3.77. The highest BCUT2D eigenvalue weighted by Crippen LogP contribution is 2.21. The molecule has 0 aliphatic heterocycles. The molecule has 1 aromatic rings. The van der Waals surface area contributed by atoms with E-state index < -0.39 is 0 Å². The predicted octanol–water partition coefficient (Wildman–Crippen LogP) is 1.28. The van der Waals surface area contributed by atoms with E-state index in [0.29, 0.717) is 18.7 Å². The fraction of sp³-hybridized carbons (Fsp3) is 0.364. The minimum atomic E-state index is -0.369. The van der Waals surface area contributed by atoms with Crippen molar-refractivity contribution in [2.75, 3.05) is 24.6 Å². The molecule has 1 aromatic carbocycles. The van der Waals surface area contributed by atoms with Crippen LogP contribution >= 0.6 is 12.2 Å². The lowest BCUT2D eigenvalue weighted by Gasteiger charge is -2.24. The standard InChI is InChI=1S/C11H15FN2OS/c1-2-14(5-6-15)10-4-3-8(12)7-9(10)11(13)16/h3-4,7,15H,2,5-6H2,1H3,(H2,13,16). The Morgan fingerprint density at radius 2 is 2.25 bits per heavy atom. The number of rotatable bonds is 5. The van der Waals surface area contributed by atoms with Crippen LogP contribution in [0.3, 0.4) is 0 Å². The maximum Gasteiger partial charge on any atom is 0.124 e. The van der Waals surface area contributed by atoms with Crippen LogP contribution in [-0.4, -0.2) is 29.8 Å². The summed E-state index contributed by atoms with van der Waals surface area (Å²) in [5.74, 6) is -0.369. The summed E-state index contributed by atoms with van der Waals surface area (Å²) in [4.78, 5) is 2.05. The van der Waals surface area contributed by atoms with Crippen molar-refractivity contribution in [2.45, 2.75) is 6.92 Å².